The molecule has 0 bridgehead atoms. The minimum atomic E-state index is -0.212. The molecule has 0 spiro atoms. The minimum absolute atomic E-state index is 0.0510. The monoisotopic (exact) mass is 410 g/mol. The van der Waals surface area contributed by atoms with Crippen LogP contribution in [0.15, 0.2) is 59.0 Å². The molecule has 1 N–H and O–H groups in total. The number of benzene rings is 2. The molecule has 0 aliphatic carbocycles. The van der Waals surface area contributed by atoms with Gasteiger partial charge in [-0.1, -0.05) is 34.9 Å². The van der Waals surface area contributed by atoms with Crippen LogP contribution in [0.3, 0.4) is 0 Å². The predicted octanol–water partition coefficient (Wildman–Crippen LogP) is 3.88. The molecule has 148 valence electrons. The number of carbonyl (C=O) groups excluding carboxylic acids is 2. The van der Waals surface area contributed by atoms with Crippen LogP contribution in [-0.4, -0.2) is 40.0 Å². The lowest BCUT2D eigenvalue weighted by Crippen LogP contribution is -2.41. The summed E-state index contributed by atoms with van der Waals surface area (Å²) in [5, 5.41) is 11.1. The van der Waals surface area contributed by atoms with E-state index in [1.807, 2.05) is 30.3 Å². The van der Waals surface area contributed by atoms with E-state index in [1.54, 1.807) is 29.2 Å². The fourth-order valence-corrected chi connectivity index (χ4v) is 3.42. The highest BCUT2D eigenvalue weighted by Crippen LogP contribution is 2.23. The van der Waals surface area contributed by atoms with Crippen molar-refractivity contribution in [2.24, 2.45) is 5.92 Å². The standard InChI is InChI=1S/C21H19ClN4O3/c22-17-8-6-16(7-9-17)20(28)26-12-10-14(11-13-26)18(27)23-21-25-24-19(29-21)15-4-2-1-3-5-15/h1-9,14H,10-13H2,(H,23,25,27). The number of piperidine rings is 1. The summed E-state index contributed by atoms with van der Waals surface area (Å²) in [6.07, 6.45) is 1.15. The number of rotatable bonds is 4. The number of hydrogen-bond donors (Lipinski definition) is 1. The summed E-state index contributed by atoms with van der Waals surface area (Å²) in [5.74, 6) is -0.0857. The highest BCUT2D eigenvalue weighted by Gasteiger charge is 2.28. The quantitative estimate of drug-likeness (QED) is 0.705. The van der Waals surface area contributed by atoms with Gasteiger partial charge in [-0.2, -0.15) is 0 Å². The maximum Gasteiger partial charge on any atom is 0.322 e. The minimum Gasteiger partial charge on any atom is -0.403 e. The van der Waals surface area contributed by atoms with Gasteiger partial charge in [-0.15, -0.1) is 5.10 Å². The molecular weight excluding hydrogens is 392 g/mol. The van der Waals surface area contributed by atoms with Crippen molar-refractivity contribution in [1.82, 2.24) is 15.1 Å². The third-order valence-electron chi connectivity index (χ3n) is 4.92. The topological polar surface area (TPSA) is 88.3 Å². The van der Waals surface area contributed by atoms with Crippen molar-refractivity contribution in [3.63, 3.8) is 0 Å². The van der Waals surface area contributed by atoms with Crippen molar-refractivity contribution in [3.05, 3.63) is 65.2 Å². The number of hydrogen-bond acceptors (Lipinski definition) is 5. The van der Waals surface area contributed by atoms with Crippen LogP contribution in [0.25, 0.3) is 11.5 Å². The highest BCUT2D eigenvalue weighted by molar-refractivity contribution is 6.30. The predicted molar refractivity (Wildman–Crippen MR) is 108 cm³/mol. The fraction of sp³-hybridized carbons (Fsp3) is 0.238. The Kier molecular flexibility index (Phi) is 5.57. The van der Waals surface area contributed by atoms with Crippen molar-refractivity contribution in [2.45, 2.75) is 12.8 Å². The second-order valence-electron chi connectivity index (χ2n) is 6.84. The molecule has 0 unspecified atom stereocenters. The van der Waals surface area contributed by atoms with Gasteiger partial charge < -0.3 is 9.32 Å². The van der Waals surface area contributed by atoms with Crippen molar-refractivity contribution in [1.29, 1.82) is 0 Å². The first-order valence-corrected chi connectivity index (χ1v) is 9.72. The van der Waals surface area contributed by atoms with Crippen LogP contribution in [0.2, 0.25) is 5.02 Å². The van der Waals surface area contributed by atoms with Crippen LogP contribution in [0.1, 0.15) is 23.2 Å². The zero-order valence-corrected chi connectivity index (χ0v) is 16.3. The van der Waals surface area contributed by atoms with Gasteiger partial charge in [-0.3, -0.25) is 14.9 Å². The maximum atomic E-state index is 12.6. The van der Waals surface area contributed by atoms with E-state index in [0.717, 1.165) is 5.56 Å². The number of aromatic nitrogens is 2. The molecule has 0 radical (unpaired) electrons. The molecule has 1 aliphatic heterocycles. The molecule has 7 nitrogen and oxygen atoms in total. The van der Waals surface area contributed by atoms with E-state index in [9.17, 15) is 9.59 Å². The van der Waals surface area contributed by atoms with E-state index in [-0.39, 0.29) is 23.7 Å². The van der Waals surface area contributed by atoms with Gasteiger partial charge in [0.05, 0.1) is 0 Å². The van der Waals surface area contributed by atoms with Crippen molar-refractivity contribution < 1.29 is 14.0 Å². The Hall–Kier alpha value is -3.19. The first-order chi connectivity index (χ1) is 14.1. The molecule has 4 rings (SSSR count). The summed E-state index contributed by atoms with van der Waals surface area (Å²) < 4.78 is 5.53. The number of nitrogens with one attached hydrogen (secondary N) is 1. The third kappa shape index (κ3) is 4.46. The van der Waals surface area contributed by atoms with Crippen LogP contribution in [0, 0.1) is 5.92 Å². The Morgan fingerprint density at radius 3 is 2.38 bits per heavy atom. The van der Waals surface area contributed by atoms with E-state index in [2.05, 4.69) is 15.5 Å². The molecule has 2 aromatic carbocycles. The van der Waals surface area contributed by atoms with E-state index in [4.69, 9.17) is 16.0 Å². The fourth-order valence-electron chi connectivity index (χ4n) is 3.30. The maximum absolute atomic E-state index is 12.6. The number of halogens is 1. The highest BCUT2D eigenvalue weighted by atomic mass is 35.5. The van der Waals surface area contributed by atoms with Crippen LogP contribution >= 0.6 is 11.6 Å². The van der Waals surface area contributed by atoms with Crippen molar-refractivity contribution >= 4 is 29.4 Å². The molecule has 8 heteroatoms. The van der Waals surface area contributed by atoms with Gasteiger partial charge in [-0.25, -0.2) is 0 Å². The number of anilines is 1. The Morgan fingerprint density at radius 2 is 1.69 bits per heavy atom. The van der Waals surface area contributed by atoms with Gasteiger partial charge in [0.15, 0.2) is 0 Å². The summed E-state index contributed by atoms with van der Waals surface area (Å²) in [5.41, 5.74) is 1.38. The van der Waals surface area contributed by atoms with E-state index < -0.39 is 0 Å². The Bertz CT molecular complexity index is 996. The first-order valence-electron chi connectivity index (χ1n) is 9.35. The molecule has 2 amide bonds. The Labute approximate surface area is 172 Å². The summed E-state index contributed by atoms with van der Waals surface area (Å²) in [4.78, 5) is 26.9. The van der Waals surface area contributed by atoms with E-state index in [0.29, 0.717) is 42.4 Å². The van der Waals surface area contributed by atoms with Gasteiger partial charge in [0, 0.05) is 35.2 Å². The summed E-state index contributed by atoms with van der Waals surface area (Å²) in [7, 11) is 0. The van der Waals surface area contributed by atoms with Gasteiger partial charge in [-0.05, 0) is 49.2 Å². The number of amides is 2. The van der Waals surface area contributed by atoms with Crippen molar-refractivity contribution in [2.75, 3.05) is 18.4 Å². The third-order valence-corrected chi connectivity index (χ3v) is 5.17. The molecular formula is C21H19ClN4O3. The van der Waals surface area contributed by atoms with E-state index in [1.165, 1.54) is 0 Å². The summed E-state index contributed by atoms with van der Waals surface area (Å²) in [6.45, 7) is 1.03. The summed E-state index contributed by atoms with van der Waals surface area (Å²) in [6, 6.07) is 16.2. The number of nitrogens with zero attached hydrogens (tertiary/aromatic N) is 3. The average Bonchev–Trinajstić information content (AvgIpc) is 3.23. The molecule has 3 aromatic rings. The second kappa shape index (κ2) is 8.45. The van der Waals surface area contributed by atoms with E-state index >= 15 is 0 Å². The zero-order chi connectivity index (χ0) is 20.2. The second-order valence-corrected chi connectivity index (χ2v) is 7.28. The number of carbonyl (C=O) groups is 2. The smallest absolute Gasteiger partial charge is 0.322 e. The molecule has 1 saturated heterocycles. The van der Waals surface area contributed by atoms with Gasteiger partial charge in [0.1, 0.15) is 0 Å². The van der Waals surface area contributed by atoms with Gasteiger partial charge in [0.25, 0.3) is 5.91 Å². The molecule has 0 saturated carbocycles. The lowest BCUT2D eigenvalue weighted by Gasteiger charge is -2.31. The van der Waals surface area contributed by atoms with Crippen molar-refractivity contribution in [3.8, 4) is 11.5 Å². The van der Waals surface area contributed by atoms with Crippen LogP contribution in [0.4, 0.5) is 6.01 Å². The normalized spacial score (nSPS) is 14.6. The SMILES string of the molecule is O=C(Nc1nnc(-c2ccccc2)o1)C1CCN(C(=O)c2ccc(Cl)cc2)CC1. The van der Waals surface area contributed by atoms with Gasteiger partial charge in [0.2, 0.25) is 11.8 Å². The molecule has 1 fully saturated rings. The average molecular weight is 411 g/mol. The molecule has 29 heavy (non-hydrogen) atoms. The lowest BCUT2D eigenvalue weighted by molar-refractivity contribution is -0.121. The molecule has 2 heterocycles. The molecule has 0 atom stereocenters. The van der Waals surface area contributed by atoms with Crippen LogP contribution < -0.4 is 5.32 Å². The van der Waals surface area contributed by atoms with Crippen LogP contribution in [0.5, 0.6) is 0 Å². The zero-order valence-electron chi connectivity index (χ0n) is 15.5. The molecule has 1 aromatic heterocycles. The summed E-state index contributed by atoms with van der Waals surface area (Å²) >= 11 is 5.87. The van der Waals surface area contributed by atoms with Gasteiger partial charge >= 0.3 is 6.01 Å². The molecule has 1 aliphatic rings. The lowest BCUT2D eigenvalue weighted by atomic mass is 9.95. The Morgan fingerprint density at radius 1 is 1.00 bits per heavy atom. The Balaban J connectivity index is 1.32. The van der Waals surface area contributed by atoms with Crippen LogP contribution in [-0.2, 0) is 4.79 Å². The largest absolute Gasteiger partial charge is 0.403 e. The first kappa shape index (κ1) is 19.1. The number of likely N-dealkylation sites (tertiary alicyclic amines) is 1.